The number of anilines is 2. The molecular formula is C38H40B2Br2N2S2. The predicted molar refractivity (Wildman–Crippen MR) is 214 cm³/mol. The van der Waals surface area contributed by atoms with Crippen LogP contribution in [0.4, 0.5) is 11.4 Å². The summed E-state index contributed by atoms with van der Waals surface area (Å²) in [6, 6.07) is 32.3. The van der Waals surface area contributed by atoms with Gasteiger partial charge in [0, 0.05) is 34.9 Å². The summed E-state index contributed by atoms with van der Waals surface area (Å²) in [5.74, 6) is 0. The molecule has 2 aliphatic rings. The second-order valence-corrected chi connectivity index (χ2v) is 17.6. The third kappa shape index (κ3) is 6.20. The summed E-state index contributed by atoms with van der Waals surface area (Å²) in [6.45, 7) is 7.08. The molecule has 0 saturated heterocycles. The van der Waals surface area contributed by atoms with Crippen LogP contribution in [0.1, 0.15) is 65.2 Å². The lowest BCUT2D eigenvalue weighted by Crippen LogP contribution is -2.61. The van der Waals surface area contributed by atoms with Gasteiger partial charge in [0.1, 0.15) is 0 Å². The molecule has 8 heteroatoms. The van der Waals surface area contributed by atoms with Crippen LogP contribution in [0.3, 0.4) is 0 Å². The van der Waals surface area contributed by atoms with Gasteiger partial charge in [0.05, 0.1) is 12.4 Å². The van der Waals surface area contributed by atoms with Crippen molar-refractivity contribution < 1.29 is 0 Å². The Hall–Kier alpha value is -2.25. The first-order valence-corrected chi connectivity index (χ1v) is 20.2. The molecule has 5 aromatic rings. The van der Waals surface area contributed by atoms with Gasteiger partial charge in [-0.05, 0) is 79.4 Å². The van der Waals surface area contributed by atoms with Crippen LogP contribution in [0.2, 0.25) is 0 Å². The molecule has 0 atom stereocenters. The minimum atomic E-state index is 0.175. The summed E-state index contributed by atoms with van der Waals surface area (Å²) >= 11 is 11.6. The summed E-state index contributed by atoms with van der Waals surface area (Å²) in [5, 5.41) is 0. The number of fused-ring (bicyclic) bond motifs is 6. The van der Waals surface area contributed by atoms with E-state index in [9.17, 15) is 0 Å². The number of thiophene rings is 2. The molecule has 7 rings (SSSR count). The molecule has 0 fully saturated rings. The lowest BCUT2D eigenvalue weighted by Gasteiger charge is -2.41. The SMILES string of the molecule is CCCCCCN1B(c2ccccc2)c2cc(Br)sc2-c2cc3c(cc21)-c1sc(Br)cc1N(CCCCCC)B3c1ccccc1. The van der Waals surface area contributed by atoms with E-state index in [1.165, 1.54) is 113 Å². The summed E-state index contributed by atoms with van der Waals surface area (Å²) < 4.78 is 2.41. The van der Waals surface area contributed by atoms with Crippen LogP contribution in [0.15, 0.2) is 92.5 Å². The normalized spacial score (nSPS) is 13.5. The summed E-state index contributed by atoms with van der Waals surface area (Å²) in [5.41, 5.74) is 11.1. The third-order valence-corrected chi connectivity index (χ3v) is 13.0. The van der Waals surface area contributed by atoms with Crippen LogP contribution < -0.4 is 31.5 Å². The summed E-state index contributed by atoms with van der Waals surface area (Å²) in [4.78, 5) is 8.24. The van der Waals surface area contributed by atoms with Gasteiger partial charge < -0.3 is 9.62 Å². The standard InChI is InChI=1S/C38H40B2Br2N2S2/c1-3-5-7-15-21-43-33-24-29-31(23-30(33)37-32(25-35(41)45-37)40(43)28-19-13-10-14-20-28)39(27-17-11-9-12-18-27)44(22-16-8-6-4-2)34-26-36(42)46-38(29)34/h9-14,17-20,23-26H,3-8,15-16,21-22H2,1-2H3. The fourth-order valence-corrected chi connectivity index (χ4v) is 10.8. The van der Waals surface area contributed by atoms with E-state index in [4.69, 9.17) is 0 Å². The zero-order valence-corrected chi connectivity index (χ0v) is 31.6. The van der Waals surface area contributed by atoms with Gasteiger partial charge in [-0.15, -0.1) is 22.7 Å². The van der Waals surface area contributed by atoms with Gasteiger partial charge in [-0.25, -0.2) is 0 Å². The second-order valence-electron chi connectivity index (χ2n) is 12.7. The summed E-state index contributed by atoms with van der Waals surface area (Å²) in [6.07, 6.45) is 10.0. The zero-order valence-electron chi connectivity index (χ0n) is 26.8. The largest absolute Gasteiger partial charge is 0.406 e. The van der Waals surface area contributed by atoms with Gasteiger partial charge >= 0.3 is 13.7 Å². The van der Waals surface area contributed by atoms with Crippen molar-refractivity contribution in [3.05, 3.63) is 92.5 Å². The summed E-state index contributed by atoms with van der Waals surface area (Å²) in [7, 11) is 0. The molecule has 0 spiro atoms. The second kappa shape index (κ2) is 14.5. The number of hydrogen-bond acceptors (Lipinski definition) is 4. The van der Waals surface area contributed by atoms with Crippen LogP contribution in [0, 0.1) is 0 Å². The van der Waals surface area contributed by atoms with Crippen molar-refractivity contribution in [1.82, 2.24) is 0 Å². The van der Waals surface area contributed by atoms with E-state index in [2.05, 4.69) is 140 Å². The average Bonchev–Trinajstić information content (AvgIpc) is 3.67. The molecule has 2 nitrogen and oxygen atoms in total. The predicted octanol–water partition coefficient (Wildman–Crippen LogP) is 9.68. The van der Waals surface area contributed by atoms with Crippen LogP contribution in [-0.4, -0.2) is 26.8 Å². The highest BCUT2D eigenvalue weighted by Crippen LogP contribution is 2.48. The monoisotopic (exact) mass is 768 g/mol. The van der Waals surface area contributed by atoms with E-state index in [1.54, 1.807) is 0 Å². The van der Waals surface area contributed by atoms with Gasteiger partial charge in [-0.3, -0.25) is 0 Å². The van der Waals surface area contributed by atoms with E-state index in [1.807, 2.05) is 22.7 Å². The Kier molecular flexibility index (Phi) is 10.2. The van der Waals surface area contributed by atoms with E-state index in [0.717, 1.165) is 13.1 Å². The van der Waals surface area contributed by atoms with Gasteiger partial charge in [0.15, 0.2) is 0 Å². The Morgan fingerprint density at radius 1 is 0.543 bits per heavy atom. The Morgan fingerprint density at radius 3 is 1.70 bits per heavy atom. The number of hydrogen-bond donors (Lipinski definition) is 0. The molecule has 3 aromatic carbocycles. The van der Waals surface area contributed by atoms with Crippen molar-refractivity contribution >= 4 is 101 Å². The molecule has 2 aromatic heterocycles. The van der Waals surface area contributed by atoms with Gasteiger partial charge in [0.25, 0.3) is 0 Å². The van der Waals surface area contributed by atoms with Crippen LogP contribution in [0.5, 0.6) is 0 Å². The van der Waals surface area contributed by atoms with Crippen molar-refractivity contribution in [3.8, 4) is 20.9 Å². The maximum Gasteiger partial charge on any atom is 0.325 e. The topological polar surface area (TPSA) is 6.48 Å². The highest BCUT2D eigenvalue weighted by Gasteiger charge is 2.42. The van der Waals surface area contributed by atoms with Crippen molar-refractivity contribution in [2.45, 2.75) is 65.2 Å². The highest BCUT2D eigenvalue weighted by molar-refractivity contribution is 9.11. The number of unbranched alkanes of at least 4 members (excludes halogenated alkanes) is 6. The molecule has 46 heavy (non-hydrogen) atoms. The number of halogens is 2. The molecule has 0 aliphatic carbocycles. The molecule has 0 amide bonds. The Balaban J connectivity index is 1.43. The molecule has 0 saturated carbocycles. The fraction of sp³-hybridized carbons (Fsp3) is 0.316. The maximum absolute atomic E-state index is 3.92. The van der Waals surface area contributed by atoms with Gasteiger partial charge in [-0.1, -0.05) is 130 Å². The average molecular weight is 770 g/mol. The first kappa shape index (κ1) is 32.3. The highest BCUT2D eigenvalue weighted by atomic mass is 79.9. The number of nitrogens with zero attached hydrogens (tertiary/aromatic N) is 2. The molecule has 4 heterocycles. The first-order valence-electron chi connectivity index (χ1n) is 17.0. The number of benzene rings is 3. The van der Waals surface area contributed by atoms with Crippen molar-refractivity contribution in [3.63, 3.8) is 0 Å². The molecule has 234 valence electrons. The van der Waals surface area contributed by atoms with Crippen LogP contribution in [-0.2, 0) is 0 Å². The Labute approximate surface area is 300 Å². The van der Waals surface area contributed by atoms with E-state index >= 15 is 0 Å². The first-order chi connectivity index (χ1) is 22.6. The smallest absolute Gasteiger partial charge is 0.325 e. The minimum Gasteiger partial charge on any atom is -0.406 e. The Morgan fingerprint density at radius 2 is 1.09 bits per heavy atom. The van der Waals surface area contributed by atoms with Crippen molar-refractivity contribution in [2.75, 3.05) is 22.7 Å². The van der Waals surface area contributed by atoms with Crippen LogP contribution >= 0.6 is 54.5 Å². The molecule has 0 N–H and O–H groups in total. The quantitative estimate of drug-likeness (QED) is 0.0922. The van der Waals surface area contributed by atoms with Crippen molar-refractivity contribution in [1.29, 1.82) is 0 Å². The molecule has 0 bridgehead atoms. The molecular weight excluding hydrogens is 730 g/mol. The van der Waals surface area contributed by atoms with E-state index in [-0.39, 0.29) is 13.7 Å². The van der Waals surface area contributed by atoms with E-state index < -0.39 is 0 Å². The lowest BCUT2D eigenvalue weighted by molar-refractivity contribution is 0.673. The Bertz CT molecular complexity index is 1790. The molecule has 2 aliphatic heterocycles. The lowest BCUT2D eigenvalue weighted by atomic mass is 9.44. The fourth-order valence-electron chi connectivity index (χ4n) is 7.51. The zero-order chi connectivity index (χ0) is 31.6. The number of rotatable bonds is 12. The van der Waals surface area contributed by atoms with E-state index in [0.29, 0.717) is 0 Å². The molecule has 0 unspecified atom stereocenters. The van der Waals surface area contributed by atoms with Crippen LogP contribution in [0.25, 0.3) is 20.9 Å². The van der Waals surface area contributed by atoms with Gasteiger partial charge in [0.2, 0.25) is 0 Å². The third-order valence-electron chi connectivity index (χ3n) is 9.64. The minimum absolute atomic E-state index is 0.175. The van der Waals surface area contributed by atoms with Crippen molar-refractivity contribution in [2.24, 2.45) is 0 Å². The van der Waals surface area contributed by atoms with Gasteiger partial charge in [-0.2, -0.15) is 0 Å². The molecule has 0 radical (unpaired) electrons. The maximum atomic E-state index is 3.92.